The van der Waals surface area contributed by atoms with Crippen LogP contribution in [0.3, 0.4) is 0 Å². The molecular formula is C15H19FO4. The predicted octanol–water partition coefficient (Wildman–Crippen LogP) is 2.72. The lowest BCUT2D eigenvalue weighted by Crippen LogP contribution is -2.44. The summed E-state index contributed by atoms with van der Waals surface area (Å²) in [6.07, 6.45) is -1.99. The first-order chi connectivity index (χ1) is 9.50. The first-order valence-electron chi connectivity index (χ1n) is 6.64. The van der Waals surface area contributed by atoms with Gasteiger partial charge in [-0.15, -0.1) is 0 Å². The molecule has 20 heavy (non-hydrogen) atoms. The summed E-state index contributed by atoms with van der Waals surface area (Å²) in [5.41, 5.74) is -1.49. The van der Waals surface area contributed by atoms with Gasteiger partial charge in [-0.2, -0.15) is 0 Å². The molecule has 1 aliphatic rings. The molecule has 0 amide bonds. The Morgan fingerprint density at radius 1 is 1.40 bits per heavy atom. The van der Waals surface area contributed by atoms with Crippen LogP contribution in [0.15, 0.2) is 30.3 Å². The van der Waals surface area contributed by atoms with Gasteiger partial charge in [0.2, 0.25) is 0 Å². The fourth-order valence-electron chi connectivity index (χ4n) is 2.41. The summed E-state index contributed by atoms with van der Waals surface area (Å²) < 4.78 is 30.5. The molecule has 0 radical (unpaired) electrons. The second-order valence-electron chi connectivity index (χ2n) is 4.99. The van der Waals surface area contributed by atoms with Gasteiger partial charge in [-0.3, -0.25) is 0 Å². The molecule has 4 atom stereocenters. The van der Waals surface area contributed by atoms with Crippen molar-refractivity contribution in [2.75, 3.05) is 7.11 Å². The van der Waals surface area contributed by atoms with Crippen LogP contribution in [-0.2, 0) is 14.2 Å². The fourth-order valence-corrected chi connectivity index (χ4v) is 2.41. The van der Waals surface area contributed by atoms with Gasteiger partial charge in [0.1, 0.15) is 6.10 Å². The number of hydrogen-bond donors (Lipinski definition) is 0. The molecule has 1 saturated heterocycles. The maximum Gasteiger partial charge on any atom is 0.338 e. The Morgan fingerprint density at radius 2 is 2.05 bits per heavy atom. The number of hydrogen-bond acceptors (Lipinski definition) is 4. The lowest BCUT2D eigenvalue weighted by Gasteiger charge is -2.26. The lowest BCUT2D eigenvalue weighted by molar-refractivity contribution is -0.160. The number of esters is 1. The quantitative estimate of drug-likeness (QED) is 0.797. The third-order valence-corrected chi connectivity index (χ3v) is 3.51. The number of halogens is 1. The van der Waals surface area contributed by atoms with E-state index in [-0.39, 0.29) is 0 Å². The van der Waals surface area contributed by atoms with Crippen LogP contribution in [0.4, 0.5) is 4.39 Å². The molecule has 110 valence electrons. The topological polar surface area (TPSA) is 44.8 Å². The molecule has 5 heteroatoms. The molecule has 1 heterocycles. The minimum atomic E-state index is -1.88. The number of rotatable bonds is 4. The Bertz CT molecular complexity index is 460. The van der Waals surface area contributed by atoms with E-state index < -0.39 is 30.1 Å². The van der Waals surface area contributed by atoms with Gasteiger partial charge in [0, 0.05) is 7.11 Å². The van der Waals surface area contributed by atoms with Gasteiger partial charge >= 0.3 is 5.97 Å². The number of carbonyl (C=O) groups is 1. The van der Waals surface area contributed by atoms with Crippen LogP contribution in [0.2, 0.25) is 0 Å². The van der Waals surface area contributed by atoms with Crippen molar-refractivity contribution in [2.24, 2.45) is 0 Å². The Hall–Kier alpha value is -1.46. The van der Waals surface area contributed by atoms with Crippen molar-refractivity contribution in [1.82, 2.24) is 0 Å². The summed E-state index contributed by atoms with van der Waals surface area (Å²) in [6, 6.07) is 8.51. The molecule has 0 aromatic heterocycles. The molecule has 0 N–H and O–H groups in total. The van der Waals surface area contributed by atoms with Crippen LogP contribution in [0.1, 0.15) is 30.6 Å². The van der Waals surface area contributed by atoms with Crippen molar-refractivity contribution in [3.8, 4) is 0 Å². The van der Waals surface area contributed by atoms with Crippen molar-refractivity contribution < 1.29 is 23.4 Å². The second-order valence-corrected chi connectivity index (χ2v) is 4.99. The maximum absolute atomic E-state index is 14.7. The van der Waals surface area contributed by atoms with Crippen molar-refractivity contribution in [1.29, 1.82) is 0 Å². The monoisotopic (exact) mass is 282 g/mol. The second kappa shape index (κ2) is 5.89. The Kier molecular flexibility index (Phi) is 4.40. The van der Waals surface area contributed by atoms with Crippen LogP contribution in [0, 0.1) is 0 Å². The third-order valence-electron chi connectivity index (χ3n) is 3.51. The van der Waals surface area contributed by atoms with E-state index in [0.717, 1.165) is 0 Å². The normalized spacial score (nSPS) is 33.1. The van der Waals surface area contributed by atoms with Gasteiger partial charge in [-0.1, -0.05) is 25.1 Å². The minimum absolute atomic E-state index is 0.388. The molecule has 0 spiro atoms. The summed E-state index contributed by atoms with van der Waals surface area (Å²) >= 11 is 0. The molecule has 1 aromatic carbocycles. The number of ether oxygens (including phenoxy) is 3. The average Bonchev–Trinajstić information content (AvgIpc) is 2.70. The fraction of sp³-hybridized carbons (Fsp3) is 0.533. The molecule has 1 fully saturated rings. The van der Waals surface area contributed by atoms with Crippen LogP contribution in [-0.4, -0.2) is 37.2 Å². The molecule has 1 aliphatic heterocycles. The first-order valence-corrected chi connectivity index (χ1v) is 6.64. The minimum Gasteiger partial charge on any atom is -0.452 e. The molecular weight excluding hydrogens is 263 g/mol. The lowest BCUT2D eigenvalue weighted by atomic mass is 9.98. The van der Waals surface area contributed by atoms with E-state index in [4.69, 9.17) is 14.2 Å². The van der Waals surface area contributed by atoms with E-state index in [2.05, 4.69) is 0 Å². The van der Waals surface area contributed by atoms with Crippen LogP contribution < -0.4 is 0 Å². The zero-order valence-corrected chi connectivity index (χ0v) is 11.8. The van der Waals surface area contributed by atoms with Crippen molar-refractivity contribution in [3.63, 3.8) is 0 Å². The Balaban J connectivity index is 2.16. The molecule has 0 aliphatic carbocycles. The molecule has 0 saturated carbocycles. The molecule has 2 unspecified atom stereocenters. The van der Waals surface area contributed by atoms with Gasteiger partial charge < -0.3 is 14.2 Å². The number of benzene rings is 1. The van der Waals surface area contributed by atoms with Crippen molar-refractivity contribution >= 4 is 5.97 Å². The summed E-state index contributed by atoms with van der Waals surface area (Å²) in [5.74, 6) is -0.557. The van der Waals surface area contributed by atoms with E-state index in [9.17, 15) is 9.18 Å². The summed E-state index contributed by atoms with van der Waals surface area (Å²) in [5, 5.41) is 0. The molecule has 2 rings (SSSR count). The first kappa shape index (κ1) is 14.9. The van der Waals surface area contributed by atoms with Gasteiger partial charge in [-0.05, 0) is 25.5 Å². The highest BCUT2D eigenvalue weighted by atomic mass is 19.1. The SMILES string of the molecule is CC[C@H]1OC(OC)C(C)(F)[C@@H]1OC(=O)c1ccccc1. The standard InChI is InChI=1S/C15H19FO4/c1-4-11-12(15(2,16)14(18-3)19-11)20-13(17)10-8-6-5-7-9-10/h5-9,11-12,14H,4H2,1-3H3/t11-,12-,14?,15?/m1/s1. The highest BCUT2D eigenvalue weighted by Gasteiger charge is 2.56. The smallest absolute Gasteiger partial charge is 0.338 e. The zero-order chi connectivity index (χ0) is 14.8. The summed E-state index contributed by atoms with van der Waals surface area (Å²) in [7, 11) is 1.37. The largest absolute Gasteiger partial charge is 0.452 e. The highest BCUT2D eigenvalue weighted by Crippen LogP contribution is 2.38. The Morgan fingerprint density at radius 3 is 2.60 bits per heavy atom. The number of carbonyl (C=O) groups excluding carboxylic acids is 1. The predicted molar refractivity (Wildman–Crippen MR) is 71.1 cm³/mol. The van der Waals surface area contributed by atoms with Crippen LogP contribution in [0.25, 0.3) is 0 Å². The van der Waals surface area contributed by atoms with Crippen LogP contribution in [0.5, 0.6) is 0 Å². The third kappa shape index (κ3) is 2.69. The van der Waals surface area contributed by atoms with Gasteiger partial charge in [0.15, 0.2) is 18.1 Å². The van der Waals surface area contributed by atoms with Gasteiger partial charge in [0.05, 0.1) is 5.56 Å². The highest BCUT2D eigenvalue weighted by molar-refractivity contribution is 5.89. The number of alkyl halides is 1. The zero-order valence-electron chi connectivity index (χ0n) is 11.8. The van der Waals surface area contributed by atoms with E-state index in [1.165, 1.54) is 14.0 Å². The van der Waals surface area contributed by atoms with Crippen LogP contribution >= 0.6 is 0 Å². The van der Waals surface area contributed by atoms with E-state index in [0.29, 0.717) is 12.0 Å². The molecule has 0 bridgehead atoms. The summed E-state index contributed by atoms with van der Waals surface area (Å²) in [4.78, 5) is 12.1. The van der Waals surface area contributed by atoms with E-state index >= 15 is 0 Å². The molecule has 4 nitrogen and oxygen atoms in total. The molecule has 1 aromatic rings. The van der Waals surface area contributed by atoms with Gasteiger partial charge in [0.25, 0.3) is 0 Å². The number of methoxy groups -OCH3 is 1. The maximum atomic E-state index is 14.7. The summed E-state index contributed by atoms with van der Waals surface area (Å²) in [6.45, 7) is 3.18. The van der Waals surface area contributed by atoms with Gasteiger partial charge in [-0.25, -0.2) is 9.18 Å². The van der Waals surface area contributed by atoms with Crippen molar-refractivity contribution in [3.05, 3.63) is 35.9 Å². The Labute approximate surface area is 117 Å². The van der Waals surface area contributed by atoms with E-state index in [1.807, 2.05) is 6.92 Å². The average molecular weight is 282 g/mol. The van der Waals surface area contributed by atoms with Crippen molar-refractivity contribution in [2.45, 2.75) is 44.4 Å². The van der Waals surface area contributed by atoms with E-state index in [1.54, 1.807) is 30.3 Å².